The Morgan fingerprint density at radius 3 is 2.06 bits per heavy atom. The summed E-state index contributed by atoms with van der Waals surface area (Å²) < 4.78 is 5.39. The molecule has 1 heteroatoms. The summed E-state index contributed by atoms with van der Waals surface area (Å²) in [5, 5.41) is 0. The van der Waals surface area contributed by atoms with Gasteiger partial charge in [0.05, 0.1) is 6.61 Å². The highest BCUT2D eigenvalue weighted by Gasteiger charge is 1.94. The Morgan fingerprint density at radius 2 is 1.56 bits per heavy atom. The molecule has 1 aromatic rings. The maximum atomic E-state index is 5.39. The number of hydrogen-bond donors (Lipinski definition) is 0. The molecular weight excluding hydrogens is 196 g/mol. The summed E-state index contributed by atoms with van der Waals surface area (Å²) in [4.78, 5) is 0. The van der Waals surface area contributed by atoms with Crippen LogP contribution in [0.15, 0.2) is 24.3 Å². The van der Waals surface area contributed by atoms with E-state index in [-0.39, 0.29) is 0 Å². The van der Waals surface area contributed by atoms with Gasteiger partial charge in [-0.2, -0.15) is 0 Å². The lowest BCUT2D eigenvalue weighted by molar-refractivity contribution is 0.340. The highest BCUT2D eigenvalue weighted by atomic mass is 16.5. The van der Waals surface area contributed by atoms with Crippen LogP contribution in [0.2, 0.25) is 0 Å². The fourth-order valence-corrected chi connectivity index (χ4v) is 1.50. The van der Waals surface area contributed by atoms with E-state index in [2.05, 4.69) is 31.2 Å². The first-order chi connectivity index (χ1) is 7.86. The number of rotatable bonds is 6. The molecule has 16 heavy (non-hydrogen) atoms. The third kappa shape index (κ3) is 6.49. The number of unbranched alkanes of at least 4 members (excludes halogenated alkanes) is 2. The second kappa shape index (κ2) is 10.5. The van der Waals surface area contributed by atoms with E-state index in [1.54, 1.807) is 0 Å². The summed E-state index contributed by atoms with van der Waals surface area (Å²) in [5.74, 6) is 0.978. The zero-order chi connectivity index (χ0) is 12.2. The Labute approximate surface area is 101 Å². The molecule has 92 valence electrons. The molecule has 0 N–H and O–H groups in total. The van der Waals surface area contributed by atoms with Gasteiger partial charge < -0.3 is 4.74 Å². The molecule has 0 aliphatic carbocycles. The molecule has 0 aliphatic rings. The van der Waals surface area contributed by atoms with E-state index >= 15 is 0 Å². The lowest BCUT2D eigenvalue weighted by Gasteiger charge is -2.04. The minimum Gasteiger partial charge on any atom is -0.494 e. The van der Waals surface area contributed by atoms with Gasteiger partial charge in [-0.3, -0.25) is 0 Å². The summed E-state index contributed by atoms with van der Waals surface area (Å²) in [5.41, 5.74) is 1.42. The Kier molecular flexibility index (Phi) is 9.89. The second-order valence-corrected chi connectivity index (χ2v) is 3.53. The van der Waals surface area contributed by atoms with E-state index in [1.807, 2.05) is 20.8 Å². The molecule has 0 aliphatic heterocycles. The summed E-state index contributed by atoms with van der Waals surface area (Å²) in [6, 6.07) is 8.46. The quantitative estimate of drug-likeness (QED) is 0.625. The van der Waals surface area contributed by atoms with Gasteiger partial charge in [-0.25, -0.2) is 0 Å². The molecule has 0 heterocycles. The average Bonchev–Trinajstić information content (AvgIpc) is 2.35. The molecule has 1 aromatic carbocycles. The summed E-state index contributed by atoms with van der Waals surface area (Å²) in [7, 11) is 0. The van der Waals surface area contributed by atoms with Crippen LogP contribution in [0.25, 0.3) is 0 Å². The molecule has 1 rings (SSSR count). The monoisotopic (exact) mass is 222 g/mol. The van der Waals surface area contributed by atoms with E-state index < -0.39 is 0 Å². The van der Waals surface area contributed by atoms with Crippen molar-refractivity contribution < 1.29 is 4.74 Å². The smallest absolute Gasteiger partial charge is 0.119 e. The molecule has 0 unspecified atom stereocenters. The van der Waals surface area contributed by atoms with Crippen molar-refractivity contribution in [2.75, 3.05) is 6.61 Å². The maximum absolute atomic E-state index is 5.39. The molecule has 0 atom stereocenters. The average molecular weight is 222 g/mol. The van der Waals surface area contributed by atoms with Gasteiger partial charge in [-0.15, -0.1) is 0 Å². The van der Waals surface area contributed by atoms with Crippen LogP contribution in [0.1, 0.15) is 52.5 Å². The van der Waals surface area contributed by atoms with Crippen LogP contribution in [0.5, 0.6) is 5.75 Å². The van der Waals surface area contributed by atoms with Crippen molar-refractivity contribution >= 4 is 0 Å². The van der Waals surface area contributed by atoms with Gasteiger partial charge in [-0.1, -0.05) is 45.7 Å². The van der Waals surface area contributed by atoms with Gasteiger partial charge in [0.15, 0.2) is 0 Å². The van der Waals surface area contributed by atoms with E-state index in [0.29, 0.717) is 0 Å². The van der Waals surface area contributed by atoms with Crippen LogP contribution < -0.4 is 4.74 Å². The first-order valence-corrected chi connectivity index (χ1v) is 6.58. The zero-order valence-electron chi connectivity index (χ0n) is 11.3. The molecule has 0 aromatic heterocycles. The van der Waals surface area contributed by atoms with Crippen molar-refractivity contribution in [2.45, 2.75) is 53.4 Å². The molecule has 0 spiro atoms. The van der Waals surface area contributed by atoms with Gasteiger partial charge in [0.2, 0.25) is 0 Å². The molecular formula is C15H26O. The predicted molar refractivity (Wildman–Crippen MR) is 72.2 cm³/mol. The number of benzene rings is 1. The topological polar surface area (TPSA) is 9.23 Å². The molecule has 0 amide bonds. The van der Waals surface area contributed by atoms with Gasteiger partial charge in [0, 0.05) is 0 Å². The minimum atomic E-state index is 0.745. The Hall–Kier alpha value is -0.980. The highest BCUT2D eigenvalue weighted by Crippen LogP contribution is 2.13. The van der Waals surface area contributed by atoms with E-state index in [1.165, 1.54) is 31.2 Å². The Morgan fingerprint density at radius 1 is 0.938 bits per heavy atom. The van der Waals surface area contributed by atoms with E-state index in [9.17, 15) is 0 Å². The lowest BCUT2D eigenvalue weighted by atomic mass is 10.1. The summed E-state index contributed by atoms with van der Waals surface area (Å²) in [6.45, 7) is 8.99. The molecule has 0 bridgehead atoms. The van der Waals surface area contributed by atoms with Gasteiger partial charge in [0.1, 0.15) is 5.75 Å². The summed E-state index contributed by atoms with van der Waals surface area (Å²) >= 11 is 0. The van der Waals surface area contributed by atoms with Crippen LogP contribution in [0, 0.1) is 0 Å². The molecule has 1 nitrogen and oxygen atoms in total. The van der Waals surface area contributed by atoms with Gasteiger partial charge in [-0.05, 0) is 37.5 Å². The number of ether oxygens (including phenoxy) is 1. The highest BCUT2D eigenvalue weighted by molar-refractivity contribution is 5.27. The number of hydrogen-bond acceptors (Lipinski definition) is 1. The number of aryl methyl sites for hydroxylation is 1. The zero-order valence-corrected chi connectivity index (χ0v) is 11.3. The van der Waals surface area contributed by atoms with Gasteiger partial charge in [0.25, 0.3) is 0 Å². The van der Waals surface area contributed by atoms with Crippen LogP contribution in [0.4, 0.5) is 0 Å². The predicted octanol–water partition coefficient (Wildman–Crippen LogP) is 4.84. The molecule has 0 fully saturated rings. The fraction of sp³-hybridized carbons (Fsp3) is 0.600. The normalized spacial score (nSPS) is 9.25. The van der Waals surface area contributed by atoms with Crippen LogP contribution in [-0.2, 0) is 6.42 Å². The van der Waals surface area contributed by atoms with Crippen molar-refractivity contribution in [2.24, 2.45) is 0 Å². The van der Waals surface area contributed by atoms with Crippen LogP contribution in [0.3, 0.4) is 0 Å². The molecule has 0 saturated carbocycles. The van der Waals surface area contributed by atoms with Crippen molar-refractivity contribution in [3.8, 4) is 5.75 Å². The maximum Gasteiger partial charge on any atom is 0.119 e. The van der Waals surface area contributed by atoms with Gasteiger partial charge >= 0.3 is 0 Å². The van der Waals surface area contributed by atoms with Crippen molar-refractivity contribution in [3.05, 3.63) is 29.8 Å². The van der Waals surface area contributed by atoms with Crippen LogP contribution in [-0.4, -0.2) is 6.61 Å². The van der Waals surface area contributed by atoms with Crippen molar-refractivity contribution in [1.82, 2.24) is 0 Å². The van der Waals surface area contributed by atoms with Crippen molar-refractivity contribution in [1.29, 1.82) is 0 Å². The standard InChI is InChI=1S/C13H20O.C2H6/c1-3-5-6-7-12-8-10-13(11-9-12)14-4-2;1-2/h8-11H,3-7H2,1-2H3;1-2H3. The molecule has 0 saturated heterocycles. The Balaban J connectivity index is 0.00000106. The third-order valence-electron chi connectivity index (χ3n) is 2.30. The van der Waals surface area contributed by atoms with E-state index in [0.717, 1.165) is 12.4 Å². The first kappa shape index (κ1) is 15.0. The fourth-order valence-electron chi connectivity index (χ4n) is 1.50. The SMILES string of the molecule is CC.CCCCCc1ccc(OCC)cc1. The summed E-state index contributed by atoms with van der Waals surface area (Å²) in [6.07, 6.45) is 5.11. The third-order valence-corrected chi connectivity index (χ3v) is 2.30. The minimum absolute atomic E-state index is 0.745. The van der Waals surface area contributed by atoms with Crippen molar-refractivity contribution in [3.63, 3.8) is 0 Å². The lowest BCUT2D eigenvalue weighted by Crippen LogP contribution is -1.91. The molecule has 0 radical (unpaired) electrons. The first-order valence-electron chi connectivity index (χ1n) is 6.58. The Bertz CT molecular complexity index is 238. The largest absolute Gasteiger partial charge is 0.494 e. The second-order valence-electron chi connectivity index (χ2n) is 3.53. The van der Waals surface area contributed by atoms with E-state index in [4.69, 9.17) is 4.74 Å². The van der Waals surface area contributed by atoms with Crippen LogP contribution >= 0.6 is 0 Å².